The molecule has 5 nitrogen and oxygen atoms in total. The SMILES string of the molecule is CC1Cc2c(c3ccc(Br)nc3n2C)CN1C(=O)O. The monoisotopic (exact) mass is 323 g/mol. The van der Waals surface area contributed by atoms with Crippen molar-refractivity contribution in [1.29, 1.82) is 0 Å². The van der Waals surface area contributed by atoms with Gasteiger partial charge in [0.1, 0.15) is 10.3 Å². The molecule has 1 unspecified atom stereocenters. The summed E-state index contributed by atoms with van der Waals surface area (Å²) in [6.45, 7) is 2.38. The Morgan fingerprint density at radius 3 is 2.95 bits per heavy atom. The Kier molecular flexibility index (Phi) is 2.78. The summed E-state index contributed by atoms with van der Waals surface area (Å²) in [5, 5.41) is 10.3. The number of hydrogen-bond acceptors (Lipinski definition) is 2. The van der Waals surface area contributed by atoms with Gasteiger partial charge in [-0.05, 0) is 35.0 Å². The molecule has 100 valence electrons. The average molecular weight is 324 g/mol. The number of halogens is 1. The van der Waals surface area contributed by atoms with E-state index in [-0.39, 0.29) is 6.04 Å². The quantitative estimate of drug-likeness (QED) is 0.758. The predicted octanol–water partition coefficient (Wildman–Crippen LogP) is 2.76. The van der Waals surface area contributed by atoms with Gasteiger partial charge in [-0.2, -0.15) is 0 Å². The molecule has 6 heteroatoms. The van der Waals surface area contributed by atoms with Gasteiger partial charge in [0.25, 0.3) is 0 Å². The van der Waals surface area contributed by atoms with Crippen LogP contribution in [-0.4, -0.2) is 31.7 Å². The summed E-state index contributed by atoms with van der Waals surface area (Å²) in [5.41, 5.74) is 3.17. The van der Waals surface area contributed by atoms with E-state index in [1.54, 1.807) is 0 Å². The van der Waals surface area contributed by atoms with Crippen molar-refractivity contribution in [2.24, 2.45) is 7.05 Å². The summed E-state index contributed by atoms with van der Waals surface area (Å²) in [5.74, 6) is 0. The Morgan fingerprint density at radius 2 is 2.26 bits per heavy atom. The molecular formula is C13H14BrN3O2. The minimum absolute atomic E-state index is 0.00328. The molecule has 2 aromatic heterocycles. The van der Waals surface area contributed by atoms with Crippen LogP contribution in [-0.2, 0) is 20.0 Å². The van der Waals surface area contributed by atoms with E-state index in [4.69, 9.17) is 0 Å². The van der Waals surface area contributed by atoms with Gasteiger partial charge in [-0.3, -0.25) is 0 Å². The maximum atomic E-state index is 11.3. The molecule has 0 aromatic carbocycles. The third kappa shape index (κ3) is 1.82. The number of rotatable bonds is 0. The molecule has 1 aliphatic heterocycles. The normalized spacial score (nSPS) is 18.7. The van der Waals surface area contributed by atoms with Crippen molar-refractivity contribution in [3.8, 4) is 0 Å². The van der Waals surface area contributed by atoms with Crippen LogP contribution in [0.3, 0.4) is 0 Å². The van der Waals surface area contributed by atoms with Crippen LogP contribution in [0.15, 0.2) is 16.7 Å². The van der Waals surface area contributed by atoms with Gasteiger partial charge in [0, 0.05) is 36.2 Å². The van der Waals surface area contributed by atoms with Gasteiger partial charge in [-0.1, -0.05) is 0 Å². The van der Waals surface area contributed by atoms with E-state index in [1.165, 1.54) is 10.6 Å². The van der Waals surface area contributed by atoms with Crippen LogP contribution < -0.4 is 0 Å². The van der Waals surface area contributed by atoms with Crippen LogP contribution in [0.2, 0.25) is 0 Å². The number of aromatic nitrogens is 2. The van der Waals surface area contributed by atoms with E-state index >= 15 is 0 Å². The molecule has 0 saturated heterocycles. The van der Waals surface area contributed by atoms with Gasteiger partial charge >= 0.3 is 6.09 Å². The highest BCUT2D eigenvalue weighted by Crippen LogP contribution is 2.32. The molecule has 1 N–H and O–H groups in total. The van der Waals surface area contributed by atoms with Gasteiger partial charge in [-0.15, -0.1) is 0 Å². The number of hydrogen-bond donors (Lipinski definition) is 1. The fourth-order valence-corrected chi connectivity index (χ4v) is 3.11. The second kappa shape index (κ2) is 4.23. The summed E-state index contributed by atoms with van der Waals surface area (Å²) >= 11 is 3.38. The number of amides is 1. The summed E-state index contributed by atoms with van der Waals surface area (Å²) in [6, 6.07) is 3.89. The molecule has 1 aliphatic rings. The van der Waals surface area contributed by atoms with Gasteiger partial charge in [-0.25, -0.2) is 9.78 Å². The summed E-state index contributed by atoms with van der Waals surface area (Å²) in [4.78, 5) is 17.2. The molecule has 3 heterocycles. The average Bonchev–Trinajstić information content (AvgIpc) is 2.61. The zero-order chi connectivity index (χ0) is 13.7. The van der Waals surface area contributed by atoms with E-state index in [1.807, 2.05) is 26.1 Å². The summed E-state index contributed by atoms with van der Waals surface area (Å²) < 4.78 is 2.87. The Labute approximate surface area is 119 Å². The zero-order valence-electron chi connectivity index (χ0n) is 10.7. The predicted molar refractivity (Wildman–Crippen MR) is 75.1 cm³/mol. The topological polar surface area (TPSA) is 58.4 Å². The lowest BCUT2D eigenvalue weighted by molar-refractivity contribution is 0.119. The number of nitrogens with zero attached hydrogens (tertiary/aromatic N) is 3. The zero-order valence-corrected chi connectivity index (χ0v) is 12.3. The third-order valence-corrected chi connectivity index (χ3v) is 4.27. The van der Waals surface area contributed by atoms with Gasteiger partial charge in [0.2, 0.25) is 0 Å². The van der Waals surface area contributed by atoms with Crippen LogP contribution in [0, 0.1) is 0 Å². The van der Waals surface area contributed by atoms with Crippen molar-refractivity contribution in [2.45, 2.75) is 25.9 Å². The first kappa shape index (κ1) is 12.5. The Balaban J connectivity index is 2.21. The first-order valence-corrected chi connectivity index (χ1v) is 6.90. The Bertz CT molecular complexity index is 680. The van der Waals surface area contributed by atoms with Crippen LogP contribution in [0.5, 0.6) is 0 Å². The third-order valence-electron chi connectivity index (χ3n) is 3.83. The Morgan fingerprint density at radius 1 is 1.53 bits per heavy atom. The lowest BCUT2D eigenvalue weighted by Gasteiger charge is -2.31. The summed E-state index contributed by atoms with van der Waals surface area (Å²) in [6.07, 6.45) is -0.133. The second-order valence-electron chi connectivity index (χ2n) is 4.95. The smallest absolute Gasteiger partial charge is 0.407 e. The van der Waals surface area contributed by atoms with Crippen molar-refractivity contribution in [1.82, 2.24) is 14.5 Å². The van der Waals surface area contributed by atoms with Crippen molar-refractivity contribution >= 4 is 33.1 Å². The first-order valence-electron chi connectivity index (χ1n) is 6.11. The minimum Gasteiger partial charge on any atom is -0.465 e. The van der Waals surface area contributed by atoms with E-state index < -0.39 is 6.09 Å². The molecule has 0 saturated carbocycles. The van der Waals surface area contributed by atoms with Crippen molar-refractivity contribution in [2.75, 3.05) is 0 Å². The molecule has 1 amide bonds. The first-order chi connectivity index (χ1) is 8.99. The fraction of sp³-hybridized carbons (Fsp3) is 0.385. The number of fused-ring (bicyclic) bond motifs is 3. The maximum absolute atomic E-state index is 11.3. The van der Waals surface area contributed by atoms with Crippen LogP contribution >= 0.6 is 15.9 Å². The van der Waals surface area contributed by atoms with Crippen LogP contribution in [0.25, 0.3) is 11.0 Å². The largest absolute Gasteiger partial charge is 0.465 e. The van der Waals surface area contributed by atoms with E-state index in [9.17, 15) is 9.90 Å². The molecule has 1 atom stereocenters. The highest BCUT2D eigenvalue weighted by Gasteiger charge is 2.30. The molecule has 0 spiro atoms. The van der Waals surface area contributed by atoms with E-state index in [0.717, 1.165) is 27.6 Å². The van der Waals surface area contributed by atoms with Crippen molar-refractivity contribution in [3.05, 3.63) is 28.0 Å². The molecule has 3 rings (SSSR count). The number of carboxylic acid groups (broad SMARTS) is 1. The lowest BCUT2D eigenvalue weighted by Crippen LogP contribution is -2.42. The Hall–Kier alpha value is -1.56. The standard InChI is InChI=1S/C13H14BrN3O2/c1-7-5-10-9(6-17(7)13(18)19)8-3-4-11(14)15-12(8)16(10)2/h3-4,7H,5-6H2,1-2H3,(H,18,19). The maximum Gasteiger partial charge on any atom is 0.407 e. The lowest BCUT2D eigenvalue weighted by atomic mass is 10.0. The van der Waals surface area contributed by atoms with Crippen molar-refractivity contribution in [3.63, 3.8) is 0 Å². The fourth-order valence-electron chi connectivity index (χ4n) is 2.81. The molecular weight excluding hydrogens is 310 g/mol. The van der Waals surface area contributed by atoms with E-state index in [2.05, 4.69) is 25.5 Å². The molecule has 0 aliphatic carbocycles. The van der Waals surface area contributed by atoms with E-state index in [0.29, 0.717) is 6.54 Å². The number of aryl methyl sites for hydroxylation is 1. The number of carbonyl (C=O) groups is 1. The molecule has 0 fully saturated rings. The molecule has 2 aromatic rings. The van der Waals surface area contributed by atoms with Crippen molar-refractivity contribution < 1.29 is 9.90 Å². The molecule has 0 radical (unpaired) electrons. The van der Waals surface area contributed by atoms with Crippen LogP contribution in [0.4, 0.5) is 4.79 Å². The van der Waals surface area contributed by atoms with Gasteiger partial charge in [0.15, 0.2) is 0 Å². The summed E-state index contributed by atoms with van der Waals surface area (Å²) in [7, 11) is 1.99. The van der Waals surface area contributed by atoms with Gasteiger partial charge in [0.05, 0.1) is 6.54 Å². The highest BCUT2D eigenvalue weighted by atomic mass is 79.9. The molecule has 19 heavy (non-hydrogen) atoms. The second-order valence-corrected chi connectivity index (χ2v) is 5.77. The van der Waals surface area contributed by atoms with Gasteiger partial charge < -0.3 is 14.6 Å². The van der Waals surface area contributed by atoms with Crippen LogP contribution in [0.1, 0.15) is 18.2 Å². The highest BCUT2D eigenvalue weighted by molar-refractivity contribution is 9.10. The number of pyridine rings is 1. The molecule has 0 bridgehead atoms. The minimum atomic E-state index is -0.861.